The lowest BCUT2D eigenvalue weighted by Gasteiger charge is -2.20. The molecule has 0 aliphatic rings. The van der Waals surface area contributed by atoms with E-state index in [-0.39, 0.29) is 17.1 Å². The highest BCUT2D eigenvalue weighted by Gasteiger charge is 2.24. The van der Waals surface area contributed by atoms with E-state index in [1.54, 1.807) is 36.4 Å². The second-order valence-electron chi connectivity index (χ2n) is 6.70. The fourth-order valence-electron chi connectivity index (χ4n) is 2.79. The predicted octanol–water partition coefficient (Wildman–Crippen LogP) is 6.00. The maximum absolute atomic E-state index is 11.6. The van der Waals surface area contributed by atoms with Crippen molar-refractivity contribution in [2.24, 2.45) is 0 Å². The largest absolute Gasteiger partial charge is 0.507 e. The monoisotopic (exact) mass is 554 g/mol. The summed E-state index contributed by atoms with van der Waals surface area (Å²) in [6.07, 6.45) is 0. The summed E-state index contributed by atoms with van der Waals surface area (Å²) in [5, 5.41) is 28.4. The fraction of sp³-hybridized carbons (Fsp3) is 0.0952. The van der Waals surface area contributed by atoms with Gasteiger partial charge < -0.3 is 24.6 Å². The van der Waals surface area contributed by atoms with Crippen LogP contribution in [0, 0.1) is 0 Å². The van der Waals surface area contributed by atoms with Crippen LogP contribution >= 0.6 is 40.3 Å². The van der Waals surface area contributed by atoms with Crippen molar-refractivity contribution in [3.05, 3.63) is 74.7 Å². The zero-order valence-electron chi connectivity index (χ0n) is 15.6. The van der Waals surface area contributed by atoms with Gasteiger partial charge in [-0.2, -0.15) is 0 Å². The molecule has 0 radical (unpaired) electrons. The molecule has 9 heteroatoms. The molecule has 0 spiro atoms. The highest BCUT2D eigenvalue weighted by Crippen LogP contribution is 2.43. The molecule has 0 amide bonds. The summed E-state index contributed by atoms with van der Waals surface area (Å²) in [4.78, 5) is 11.6. The third-order valence-electron chi connectivity index (χ3n) is 4.40. The van der Waals surface area contributed by atoms with Crippen LogP contribution in [-0.2, 0) is 9.91 Å². The van der Waals surface area contributed by atoms with E-state index in [1.807, 2.05) is 0 Å². The Balaban J connectivity index is 2.08. The molecule has 3 rings (SSSR count). The molecule has 30 heavy (non-hydrogen) atoms. The van der Waals surface area contributed by atoms with Gasteiger partial charge >= 0.3 is 5.97 Å². The summed E-state index contributed by atoms with van der Waals surface area (Å²) in [6.45, 7) is 1.46. The van der Waals surface area contributed by atoms with Gasteiger partial charge in [0.2, 0.25) is 0 Å². The topological polar surface area (TPSA) is 104 Å². The SMILES string of the molecule is CC(O)([PH2]=O)c1cc(Br)c(Oc2cc(C(=O)O)cc(-c3ccccc3O)c2)c(Br)c1. The van der Waals surface area contributed by atoms with E-state index in [4.69, 9.17) is 4.74 Å². The summed E-state index contributed by atoms with van der Waals surface area (Å²) < 4.78 is 18.2. The number of aromatic hydroxyl groups is 1. The molecule has 0 heterocycles. The second-order valence-corrected chi connectivity index (χ2v) is 9.77. The standard InChI is InChI=1S/C21H17Br2O6P/c1-21(27,30-28)13-9-16(22)19(17(23)10-13)29-14-7-11(6-12(8-14)20(25)26)15-4-2-3-5-18(15)24/h2-10,24,27H,30H2,1H3,(H,25,26). The molecule has 0 aliphatic heterocycles. The highest BCUT2D eigenvalue weighted by atomic mass is 79.9. The second kappa shape index (κ2) is 8.94. The van der Waals surface area contributed by atoms with Crippen molar-refractivity contribution in [2.45, 2.75) is 12.3 Å². The Morgan fingerprint density at radius 1 is 1.07 bits per heavy atom. The number of hydrogen-bond acceptors (Lipinski definition) is 5. The first kappa shape index (κ1) is 22.6. The first-order chi connectivity index (χ1) is 14.1. The van der Waals surface area contributed by atoms with Gasteiger partial charge in [0.15, 0.2) is 5.75 Å². The normalized spacial score (nSPS) is 13.3. The van der Waals surface area contributed by atoms with Crippen LogP contribution in [0.5, 0.6) is 17.2 Å². The third kappa shape index (κ3) is 4.78. The molecular formula is C21H17Br2O6P. The van der Waals surface area contributed by atoms with Gasteiger partial charge in [-0.1, -0.05) is 18.2 Å². The lowest BCUT2D eigenvalue weighted by atomic mass is 10.0. The maximum atomic E-state index is 11.6. The third-order valence-corrected chi connectivity index (χ3v) is 6.37. The van der Waals surface area contributed by atoms with E-state index in [2.05, 4.69) is 31.9 Å². The lowest BCUT2D eigenvalue weighted by molar-refractivity contribution is 0.0696. The van der Waals surface area contributed by atoms with Crippen LogP contribution in [0.4, 0.5) is 0 Å². The minimum Gasteiger partial charge on any atom is -0.507 e. The minimum absolute atomic E-state index is 0.00694. The van der Waals surface area contributed by atoms with Crippen LogP contribution in [0.25, 0.3) is 11.1 Å². The Kier molecular flexibility index (Phi) is 6.72. The number of phenolic OH excluding ortho intramolecular Hbond substituents is 1. The van der Waals surface area contributed by atoms with Crippen molar-refractivity contribution in [3.63, 3.8) is 0 Å². The number of benzene rings is 3. The number of carbonyl (C=O) groups is 1. The van der Waals surface area contributed by atoms with E-state index in [0.29, 0.717) is 31.4 Å². The summed E-state index contributed by atoms with van der Waals surface area (Å²) in [5.41, 5.74) is 1.37. The molecule has 2 atom stereocenters. The fourth-order valence-corrected chi connectivity index (χ4v) is 4.44. The summed E-state index contributed by atoms with van der Waals surface area (Å²) in [7, 11) is -1.47. The van der Waals surface area contributed by atoms with E-state index >= 15 is 0 Å². The minimum atomic E-state index is -1.47. The van der Waals surface area contributed by atoms with Gasteiger partial charge in [0, 0.05) is 5.56 Å². The number of carboxylic acids is 1. The van der Waals surface area contributed by atoms with Crippen LogP contribution < -0.4 is 4.74 Å². The number of para-hydroxylation sites is 1. The molecule has 6 nitrogen and oxygen atoms in total. The first-order valence-corrected chi connectivity index (χ1v) is 11.3. The predicted molar refractivity (Wildman–Crippen MR) is 122 cm³/mol. The zero-order chi connectivity index (χ0) is 22.1. The Bertz CT molecular complexity index is 1120. The van der Waals surface area contributed by atoms with Gasteiger partial charge in [0.05, 0.1) is 23.0 Å². The Morgan fingerprint density at radius 2 is 1.70 bits per heavy atom. The molecule has 3 aromatic rings. The van der Waals surface area contributed by atoms with Gasteiger partial charge in [-0.3, -0.25) is 0 Å². The van der Waals surface area contributed by atoms with Crippen molar-refractivity contribution in [2.75, 3.05) is 0 Å². The number of phenols is 1. The molecule has 0 aliphatic carbocycles. The number of aromatic carboxylic acids is 1. The van der Waals surface area contributed by atoms with Crippen LogP contribution in [0.3, 0.4) is 0 Å². The summed E-state index contributed by atoms with van der Waals surface area (Å²) >= 11 is 6.77. The van der Waals surface area contributed by atoms with E-state index in [9.17, 15) is 24.7 Å². The van der Waals surface area contributed by atoms with Crippen molar-refractivity contribution in [1.29, 1.82) is 0 Å². The number of aliphatic hydroxyl groups is 1. The van der Waals surface area contributed by atoms with Crippen LogP contribution in [0.15, 0.2) is 63.5 Å². The number of hydrogen-bond donors (Lipinski definition) is 3. The molecule has 0 aromatic heterocycles. The van der Waals surface area contributed by atoms with E-state index in [0.717, 1.165) is 0 Å². The number of rotatable bonds is 6. The van der Waals surface area contributed by atoms with Crippen molar-refractivity contribution >= 4 is 46.3 Å². The molecule has 0 bridgehead atoms. The average Bonchev–Trinajstić information content (AvgIpc) is 2.70. The molecule has 156 valence electrons. The Hall–Kier alpha value is -2.12. The molecule has 3 aromatic carbocycles. The van der Waals surface area contributed by atoms with Crippen LogP contribution in [-0.4, -0.2) is 21.3 Å². The summed E-state index contributed by atoms with van der Waals surface area (Å²) in [6, 6.07) is 14.2. The summed E-state index contributed by atoms with van der Waals surface area (Å²) in [5.74, 6) is -0.537. The van der Waals surface area contributed by atoms with Gasteiger partial charge in [-0.05, 0) is 86.3 Å². The highest BCUT2D eigenvalue weighted by molar-refractivity contribution is 9.11. The molecule has 3 N–H and O–H groups in total. The van der Waals surface area contributed by atoms with E-state index < -0.39 is 19.8 Å². The molecule has 0 saturated heterocycles. The van der Waals surface area contributed by atoms with Crippen molar-refractivity contribution < 1.29 is 29.4 Å². The van der Waals surface area contributed by atoms with Gasteiger partial charge in [0.1, 0.15) is 16.8 Å². The molecule has 0 saturated carbocycles. The van der Waals surface area contributed by atoms with Crippen LogP contribution in [0.1, 0.15) is 22.8 Å². The van der Waals surface area contributed by atoms with Crippen molar-refractivity contribution in [3.8, 4) is 28.4 Å². The number of halogens is 2. The van der Waals surface area contributed by atoms with Gasteiger partial charge in [0.25, 0.3) is 0 Å². The van der Waals surface area contributed by atoms with E-state index in [1.165, 1.54) is 25.1 Å². The van der Waals surface area contributed by atoms with Gasteiger partial charge in [-0.25, -0.2) is 4.79 Å². The maximum Gasteiger partial charge on any atom is 0.335 e. The van der Waals surface area contributed by atoms with Crippen LogP contribution in [0.2, 0.25) is 0 Å². The lowest BCUT2D eigenvalue weighted by Crippen LogP contribution is -2.12. The zero-order valence-corrected chi connectivity index (χ0v) is 19.9. The number of ether oxygens (including phenoxy) is 1. The Morgan fingerprint density at radius 3 is 2.27 bits per heavy atom. The number of carboxylic acid groups (broad SMARTS) is 1. The quantitative estimate of drug-likeness (QED) is 0.322. The molecule has 2 unspecified atom stereocenters. The Labute approximate surface area is 190 Å². The molecular weight excluding hydrogens is 539 g/mol. The first-order valence-electron chi connectivity index (χ1n) is 8.65. The average molecular weight is 556 g/mol. The smallest absolute Gasteiger partial charge is 0.335 e. The molecule has 0 fully saturated rings. The van der Waals surface area contributed by atoms with Gasteiger partial charge in [-0.15, -0.1) is 0 Å². The van der Waals surface area contributed by atoms with Crippen molar-refractivity contribution in [1.82, 2.24) is 0 Å².